The molecule has 1 aromatic rings. The second kappa shape index (κ2) is 11.2. The SMILES string of the molecule is O=C(CS)NCCCCCCCC(=O)Nc1ccccc1. The van der Waals surface area contributed by atoms with Gasteiger partial charge in [-0.3, -0.25) is 9.59 Å². The van der Waals surface area contributed by atoms with E-state index in [1.165, 1.54) is 0 Å². The number of carbonyl (C=O) groups is 2. The second-order valence-corrected chi connectivity index (χ2v) is 5.26. The van der Waals surface area contributed by atoms with Crippen molar-refractivity contribution >= 4 is 30.1 Å². The topological polar surface area (TPSA) is 58.2 Å². The molecule has 0 unspecified atom stereocenters. The molecule has 2 amide bonds. The van der Waals surface area contributed by atoms with Crippen LogP contribution < -0.4 is 10.6 Å². The molecule has 0 heterocycles. The van der Waals surface area contributed by atoms with Crippen LogP contribution in [0.2, 0.25) is 0 Å². The molecule has 21 heavy (non-hydrogen) atoms. The highest BCUT2D eigenvalue weighted by atomic mass is 32.1. The predicted molar refractivity (Wildman–Crippen MR) is 89.6 cm³/mol. The summed E-state index contributed by atoms with van der Waals surface area (Å²) in [6, 6.07) is 9.51. The van der Waals surface area contributed by atoms with E-state index in [1.54, 1.807) is 0 Å². The average molecular weight is 308 g/mol. The third kappa shape index (κ3) is 9.13. The van der Waals surface area contributed by atoms with E-state index in [9.17, 15) is 9.59 Å². The first-order valence-electron chi connectivity index (χ1n) is 7.45. The second-order valence-electron chi connectivity index (χ2n) is 4.94. The van der Waals surface area contributed by atoms with Crippen molar-refractivity contribution in [1.82, 2.24) is 5.32 Å². The minimum atomic E-state index is -0.0177. The molecule has 116 valence electrons. The van der Waals surface area contributed by atoms with Crippen molar-refractivity contribution in [2.24, 2.45) is 0 Å². The summed E-state index contributed by atoms with van der Waals surface area (Å²) in [5.74, 6) is 0.300. The van der Waals surface area contributed by atoms with E-state index >= 15 is 0 Å². The normalized spacial score (nSPS) is 10.1. The van der Waals surface area contributed by atoms with Gasteiger partial charge in [0.25, 0.3) is 0 Å². The van der Waals surface area contributed by atoms with Gasteiger partial charge in [0, 0.05) is 18.7 Å². The van der Waals surface area contributed by atoms with Crippen molar-refractivity contribution in [3.8, 4) is 0 Å². The number of amides is 2. The van der Waals surface area contributed by atoms with Crippen molar-refractivity contribution in [1.29, 1.82) is 0 Å². The van der Waals surface area contributed by atoms with Gasteiger partial charge in [0.1, 0.15) is 0 Å². The number of hydrogen-bond donors (Lipinski definition) is 3. The lowest BCUT2D eigenvalue weighted by molar-refractivity contribution is -0.118. The van der Waals surface area contributed by atoms with Crippen LogP contribution >= 0.6 is 12.6 Å². The van der Waals surface area contributed by atoms with E-state index in [-0.39, 0.29) is 17.6 Å². The zero-order valence-corrected chi connectivity index (χ0v) is 13.2. The summed E-state index contributed by atoms with van der Waals surface area (Å²) >= 11 is 3.89. The zero-order chi connectivity index (χ0) is 15.3. The van der Waals surface area contributed by atoms with Gasteiger partial charge in [0.2, 0.25) is 11.8 Å². The van der Waals surface area contributed by atoms with Crippen molar-refractivity contribution in [2.75, 3.05) is 17.6 Å². The number of benzene rings is 1. The van der Waals surface area contributed by atoms with Crippen LogP contribution in [-0.2, 0) is 9.59 Å². The van der Waals surface area contributed by atoms with Crippen LogP contribution in [0.15, 0.2) is 30.3 Å². The Labute approximate surface area is 132 Å². The molecule has 0 aromatic heterocycles. The summed E-state index contributed by atoms with van der Waals surface area (Å²) in [5, 5.41) is 5.67. The molecule has 0 aliphatic carbocycles. The van der Waals surface area contributed by atoms with Gasteiger partial charge in [0.05, 0.1) is 5.75 Å². The number of rotatable bonds is 10. The van der Waals surface area contributed by atoms with Gasteiger partial charge < -0.3 is 10.6 Å². The molecule has 0 atom stereocenters. The molecule has 2 N–H and O–H groups in total. The molecule has 1 rings (SSSR count). The van der Waals surface area contributed by atoms with E-state index in [1.807, 2.05) is 30.3 Å². The van der Waals surface area contributed by atoms with Gasteiger partial charge in [-0.05, 0) is 25.0 Å². The van der Waals surface area contributed by atoms with Crippen molar-refractivity contribution in [3.05, 3.63) is 30.3 Å². The van der Waals surface area contributed by atoms with Crippen LogP contribution in [0.5, 0.6) is 0 Å². The fraction of sp³-hybridized carbons (Fsp3) is 0.500. The average Bonchev–Trinajstić information content (AvgIpc) is 2.50. The highest BCUT2D eigenvalue weighted by Crippen LogP contribution is 2.09. The number of para-hydroxylation sites is 1. The fourth-order valence-corrected chi connectivity index (χ4v) is 2.08. The molecule has 0 bridgehead atoms. The summed E-state index contributed by atoms with van der Waals surface area (Å²) in [7, 11) is 0. The highest BCUT2D eigenvalue weighted by Gasteiger charge is 2.01. The molecule has 0 saturated carbocycles. The molecule has 5 heteroatoms. The fourth-order valence-electron chi connectivity index (χ4n) is 1.97. The maximum absolute atomic E-state index is 11.7. The quantitative estimate of drug-likeness (QED) is 0.460. The van der Waals surface area contributed by atoms with Crippen molar-refractivity contribution < 1.29 is 9.59 Å². The third-order valence-corrected chi connectivity index (χ3v) is 3.39. The molecule has 0 aliphatic heterocycles. The summed E-state index contributed by atoms with van der Waals surface area (Å²) in [5.41, 5.74) is 0.849. The molecule has 0 fully saturated rings. The van der Waals surface area contributed by atoms with Crippen LogP contribution in [0.25, 0.3) is 0 Å². The van der Waals surface area contributed by atoms with E-state index in [0.29, 0.717) is 13.0 Å². The molecule has 1 aromatic carbocycles. The lowest BCUT2D eigenvalue weighted by atomic mass is 10.1. The zero-order valence-electron chi connectivity index (χ0n) is 12.3. The van der Waals surface area contributed by atoms with Crippen LogP contribution in [-0.4, -0.2) is 24.1 Å². The molecule has 0 aliphatic rings. The minimum Gasteiger partial charge on any atom is -0.355 e. The lowest BCUT2D eigenvalue weighted by Crippen LogP contribution is -2.25. The summed E-state index contributed by atoms with van der Waals surface area (Å²) in [6.07, 6.45) is 5.66. The van der Waals surface area contributed by atoms with Gasteiger partial charge in [-0.15, -0.1) is 0 Å². The monoisotopic (exact) mass is 308 g/mol. The largest absolute Gasteiger partial charge is 0.355 e. The number of hydrogen-bond acceptors (Lipinski definition) is 3. The first-order valence-corrected chi connectivity index (χ1v) is 8.08. The number of nitrogens with one attached hydrogen (secondary N) is 2. The molecule has 0 radical (unpaired) electrons. The smallest absolute Gasteiger partial charge is 0.229 e. The number of carbonyl (C=O) groups excluding carboxylic acids is 2. The number of anilines is 1. The van der Waals surface area contributed by atoms with Crippen molar-refractivity contribution in [3.63, 3.8) is 0 Å². The van der Waals surface area contributed by atoms with E-state index in [0.717, 1.165) is 37.8 Å². The van der Waals surface area contributed by atoms with Gasteiger partial charge >= 0.3 is 0 Å². The molecular formula is C16H24N2O2S. The Morgan fingerprint density at radius 3 is 2.29 bits per heavy atom. The van der Waals surface area contributed by atoms with E-state index in [4.69, 9.17) is 0 Å². The standard InChI is InChI=1S/C16H24N2O2S/c19-15(18-14-9-5-4-6-10-14)11-7-2-1-3-8-12-17-16(20)13-21/h4-6,9-10,21H,1-3,7-8,11-13H2,(H,17,20)(H,18,19). The molecule has 0 saturated heterocycles. The third-order valence-electron chi connectivity index (χ3n) is 3.10. The van der Waals surface area contributed by atoms with Crippen molar-refractivity contribution in [2.45, 2.75) is 38.5 Å². The Bertz CT molecular complexity index is 424. The summed E-state index contributed by atoms with van der Waals surface area (Å²) in [6.45, 7) is 0.716. The maximum Gasteiger partial charge on any atom is 0.229 e. The minimum absolute atomic E-state index is 0.0177. The summed E-state index contributed by atoms with van der Waals surface area (Å²) < 4.78 is 0. The Hall–Kier alpha value is -1.49. The van der Waals surface area contributed by atoms with Gasteiger partial charge in [-0.25, -0.2) is 0 Å². The lowest BCUT2D eigenvalue weighted by Gasteiger charge is -2.05. The van der Waals surface area contributed by atoms with Crippen LogP contribution in [0.3, 0.4) is 0 Å². The maximum atomic E-state index is 11.7. The Balaban J connectivity index is 1.94. The Morgan fingerprint density at radius 2 is 1.57 bits per heavy atom. The Morgan fingerprint density at radius 1 is 0.905 bits per heavy atom. The van der Waals surface area contributed by atoms with Gasteiger partial charge in [0.15, 0.2) is 0 Å². The molecule has 0 spiro atoms. The van der Waals surface area contributed by atoms with Gasteiger partial charge in [-0.2, -0.15) is 12.6 Å². The molecule has 4 nitrogen and oxygen atoms in total. The number of thiol groups is 1. The van der Waals surface area contributed by atoms with Crippen LogP contribution in [0.4, 0.5) is 5.69 Å². The van der Waals surface area contributed by atoms with E-state index in [2.05, 4.69) is 23.3 Å². The molecular weight excluding hydrogens is 284 g/mol. The Kier molecular flexibility index (Phi) is 9.37. The number of unbranched alkanes of at least 4 members (excludes halogenated alkanes) is 4. The first-order chi connectivity index (χ1) is 10.2. The van der Waals surface area contributed by atoms with Gasteiger partial charge in [-0.1, -0.05) is 37.5 Å². The summed E-state index contributed by atoms with van der Waals surface area (Å²) in [4.78, 5) is 22.6. The van der Waals surface area contributed by atoms with Crippen LogP contribution in [0.1, 0.15) is 38.5 Å². The van der Waals surface area contributed by atoms with E-state index < -0.39 is 0 Å². The predicted octanol–water partition coefficient (Wildman–Crippen LogP) is 3.01. The van der Waals surface area contributed by atoms with Crippen LogP contribution in [0, 0.1) is 0 Å². The first kappa shape index (κ1) is 17.6. The highest BCUT2D eigenvalue weighted by molar-refractivity contribution is 7.81.